The number of aliphatic carboxylic acids is 1. The Hall–Kier alpha value is -1.48. The van der Waals surface area contributed by atoms with Gasteiger partial charge in [-0.1, -0.05) is 13.8 Å². The second-order valence-electron chi connectivity index (χ2n) is 7.53. The number of carboxylic acids is 1. The molecule has 2 unspecified atom stereocenters. The predicted molar refractivity (Wildman–Crippen MR) is 100 cm³/mol. The van der Waals surface area contributed by atoms with Crippen LogP contribution in [0, 0.1) is 5.92 Å². The molecule has 2 rings (SSSR count). The van der Waals surface area contributed by atoms with Crippen molar-refractivity contribution in [2.45, 2.75) is 76.4 Å². The van der Waals surface area contributed by atoms with Gasteiger partial charge in [-0.15, -0.1) is 0 Å². The van der Waals surface area contributed by atoms with E-state index in [0.717, 1.165) is 6.42 Å². The van der Waals surface area contributed by atoms with Gasteiger partial charge in [-0.05, 0) is 44.9 Å². The lowest BCUT2D eigenvalue weighted by molar-refractivity contribution is -0.151. The van der Waals surface area contributed by atoms with E-state index in [1.165, 1.54) is 4.90 Å². The summed E-state index contributed by atoms with van der Waals surface area (Å²) in [7, 11) is -1.37. The molecule has 0 bridgehead atoms. The fourth-order valence-corrected chi connectivity index (χ4v) is 5.41. The first-order valence-corrected chi connectivity index (χ1v) is 11.0. The van der Waals surface area contributed by atoms with Crippen molar-refractivity contribution >= 4 is 28.6 Å². The van der Waals surface area contributed by atoms with Crippen molar-refractivity contribution in [2.24, 2.45) is 5.92 Å². The van der Waals surface area contributed by atoms with E-state index in [2.05, 4.69) is 19.2 Å². The zero-order chi connectivity index (χ0) is 20.1. The van der Waals surface area contributed by atoms with Gasteiger partial charge in [0, 0.05) is 10.8 Å². The normalized spacial score (nSPS) is 29.3. The number of carbonyl (C=O) groups excluding carboxylic acids is 2. The van der Waals surface area contributed by atoms with E-state index in [0.29, 0.717) is 31.6 Å². The lowest BCUT2D eigenvalue weighted by Crippen LogP contribution is -2.55. The van der Waals surface area contributed by atoms with Gasteiger partial charge in [-0.3, -0.25) is 19.1 Å². The van der Waals surface area contributed by atoms with Crippen molar-refractivity contribution in [3.05, 3.63) is 0 Å². The van der Waals surface area contributed by atoms with Crippen molar-refractivity contribution in [3.63, 3.8) is 0 Å². The van der Waals surface area contributed by atoms with Gasteiger partial charge in [0.05, 0.1) is 18.4 Å². The number of esters is 1. The Morgan fingerprint density at radius 3 is 2.63 bits per heavy atom. The third-order valence-electron chi connectivity index (χ3n) is 5.06. The van der Waals surface area contributed by atoms with Gasteiger partial charge in [0.1, 0.15) is 17.5 Å². The Morgan fingerprint density at radius 2 is 2.04 bits per heavy atom. The highest BCUT2D eigenvalue weighted by Gasteiger charge is 2.49. The van der Waals surface area contributed by atoms with Crippen molar-refractivity contribution in [1.82, 2.24) is 10.2 Å². The highest BCUT2D eigenvalue weighted by molar-refractivity contribution is 7.86. The van der Waals surface area contributed by atoms with E-state index in [4.69, 9.17) is 4.74 Å². The van der Waals surface area contributed by atoms with Crippen LogP contribution < -0.4 is 5.32 Å². The van der Waals surface area contributed by atoms with Crippen LogP contribution in [0.3, 0.4) is 0 Å². The molecular formula is C18H30N2O6S. The number of fused-ring (bicyclic) bond motifs is 1. The minimum absolute atomic E-state index is 0.0346. The SMILES string of the molecule is CCOC(=O)C(CCC(C)C)N[C@H]1CCC[C@@H]2N(C1=O)[C@H](C(=O)O)CS2=O. The third-order valence-corrected chi connectivity index (χ3v) is 6.77. The first kappa shape index (κ1) is 21.8. The van der Waals surface area contributed by atoms with Gasteiger partial charge in [0.15, 0.2) is 0 Å². The topological polar surface area (TPSA) is 113 Å². The zero-order valence-electron chi connectivity index (χ0n) is 16.2. The average molecular weight is 403 g/mol. The summed E-state index contributed by atoms with van der Waals surface area (Å²) < 4.78 is 17.4. The molecule has 0 aromatic heterocycles. The molecule has 1 amide bonds. The molecule has 2 fully saturated rings. The summed E-state index contributed by atoms with van der Waals surface area (Å²) in [5.41, 5.74) is 0. The highest BCUT2D eigenvalue weighted by Crippen LogP contribution is 2.29. The first-order valence-electron chi connectivity index (χ1n) is 9.61. The van der Waals surface area contributed by atoms with Crippen LogP contribution in [0.5, 0.6) is 0 Å². The van der Waals surface area contributed by atoms with Crippen LogP contribution in [0.4, 0.5) is 0 Å². The molecule has 9 heteroatoms. The summed E-state index contributed by atoms with van der Waals surface area (Å²) in [4.78, 5) is 38.2. The molecule has 2 heterocycles. The molecule has 0 radical (unpaired) electrons. The number of ether oxygens (including phenoxy) is 1. The van der Waals surface area contributed by atoms with Crippen LogP contribution >= 0.6 is 0 Å². The number of amides is 1. The molecule has 2 aliphatic rings. The molecule has 5 atom stereocenters. The highest BCUT2D eigenvalue weighted by atomic mass is 32.2. The Bertz CT molecular complexity index is 596. The molecule has 0 spiro atoms. The fourth-order valence-electron chi connectivity index (χ4n) is 3.64. The lowest BCUT2D eigenvalue weighted by atomic mass is 10.0. The number of rotatable bonds is 8. The quantitative estimate of drug-likeness (QED) is 0.579. The molecule has 2 saturated heterocycles. The minimum atomic E-state index is -1.37. The molecule has 2 aliphatic heterocycles. The smallest absolute Gasteiger partial charge is 0.327 e. The number of carboxylic acid groups (broad SMARTS) is 1. The van der Waals surface area contributed by atoms with E-state index >= 15 is 0 Å². The van der Waals surface area contributed by atoms with Crippen LogP contribution in [0.25, 0.3) is 0 Å². The van der Waals surface area contributed by atoms with Crippen LogP contribution in [0.2, 0.25) is 0 Å². The second kappa shape index (κ2) is 9.64. The summed E-state index contributed by atoms with van der Waals surface area (Å²) in [5.74, 6) is -1.55. The Labute approximate surface area is 162 Å². The van der Waals surface area contributed by atoms with Gasteiger partial charge in [0.25, 0.3) is 0 Å². The van der Waals surface area contributed by atoms with Gasteiger partial charge < -0.3 is 14.7 Å². The summed E-state index contributed by atoms with van der Waals surface area (Å²) in [6.45, 7) is 6.10. The molecule has 0 saturated carbocycles. The predicted octanol–water partition coefficient (Wildman–Crippen LogP) is 0.867. The van der Waals surface area contributed by atoms with Crippen LogP contribution in [0.1, 0.15) is 52.9 Å². The first-order chi connectivity index (χ1) is 12.8. The summed E-state index contributed by atoms with van der Waals surface area (Å²) in [5, 5.41) is 12.0. The standard InChI is InChI=1S/C18H30N2O6S/c1-4-26-18(24)13(9-8-11(2)3)19-12-6-5-7-15-20(16(12)21)14(17(22)23)10-27(15)25/h11-15,19H,4-10H2,1-3H3,(H,22,23)/t12-,13?,14-,15+,27?/m0/s1. The van der Waals surface area contributed by atoms with Crippen molar-refractivity contribution in [3.8, 4) is 0 Å². The van der Waals surface area contributed by atoms with E-state index in [-0.39, 0.29) is 18.3 Å². The van der Waals surface area contributed by atoms with Gasteiger partial charge in [-0.25, -0.2) is 4.79 Å². The maximum atomic E-state index is 13.1. The molecule has 8 nitrogen and oxygen atoms in total. The van der Waals surface area contributed by atoms with Gasteiger partial charge >= 0.3 is 11.9 Å². The molecule has 2 N–H and O–H groups in total. The number of hydrogen-bond acceptors (Lipinski definition) is 6. The van der Waals surface area contributed by atoms with E-state index in [1.807, 2.05) is 0 Å². The Kier molecular flexibility index (Phi) is 7.79. The molecule has 0 aromatic rings. The maximum absolute atomic E-state index is 13.1. The van der Waals surface area contributed by atoms with Crippen LogP contribution in [-0.2, 0) is 29.9 Å². The molecular weight excluding hydrogens is 372 g/mol. The van der Waals surface area contributed by atoms with Crippen LogP contribution in [-0.4, -0.2) is 67.9 Å². The number of carbonyl (C=O) groups is 3. The Morgan fingerprint density at radius 1 is 1.33 bits per heavy atom. The number of nitrogens with one attached hydrogen (secondary N) is 1. The third kappa shape index (κ3) is 5.28. The fraction of sp³-hybridized carbons (Fsp3) is 0.833. The summed E-state index contributed by atoms with van der Waals surface area (Å²) in [6.07, 6.45) is 2.97. The van der Waals surface area contributed by atoms with Crippen LogP contribution in [0.15, 0.2) is 0 Å². The molecule has 154 valence electrons. The Balaban J connectivity index is 2.17. The maximum Gasteiger partial charge on any atom is 0.327 e. The van der Waals surface area contributed by atoms with E-state index in [1.54, 1.807) is 6.92 Å². The van der Waals surface area contributed by atoms with Gasteiger partial charge in [-0.2, -0.15) is 0 Å². The summed E-state index contributed by atoms with van der Waals surface area (Å²) in [6, 6.07) is -2.36. The number of hydrogen-bond donors (Lipinski definition) is 2. The van der Waals surface area contributed by atoms with E-state index in [9.17, 15) is 23.7 Å². The largest absolute Gasteiger partial charge is 0.480 e. The summed E-state index contributed by atoms with van der Waals surface area (Å²) >= 11 is 0. The van der Waals surface area contributed by atoms with E-state index < -0.39 is 46.2 Å². The average Bonchev–Trinajstić information content (AvgIpc) is 2.84. The lowest BCUT2D eigenvalue weighted by Gasteiger charge is -2.29. The minimum Gasteiger partial charge on any atom is -0.480 e. The van der Waals surface area contributed by atoms with Crippen molar-refractivity contribution < 1.29 is 28.4 Å². The zero-order valence-corrected chi connectivity index (χ0v) is 17.0. The molecule has 27 heavy (non-hydrogen) atoms. The number of nitrogens with zero attached hydrogens (tertiary/aromatic N) is 1. The second-order valence-corrected chi connectivity index (χ2v) is 9.17. The molecule has 0 aromatic carbocycles. The van der Waals surface area contributed by atoms with Crippen molar-refractivity contribution in [2.75, 3.05) is 12.4 Å². The molecule has 0 aliphatic carbocycles. The monoisotopic (exact) mass is 402 g/mol. The van der Waals surface area contributed by atoms with Crippen molar-refractivity contribution in [1.29, 1.82) is 0 Å². The van der Waals surface area contributed by atoms with Gasteiger partial charge in [0.2, 0.25) is 5.91 Å².